The molecule has 2 aromatic rings. The molecule has 0 aliphatic carbocycles. The third-order valence-electron chi connectivity index (χ3n) is 3.65. The van der Waals surface area contributed by atoms with Gasteiger partial charge in [-0.1, -0.05) is 57.5 Å². The summed E-state index contributed by atoms with van der Waals surface area (Å²) in [6, 6.07) is 14.1. The van der Waals surface area contributed by atoms with Gasteiger partial charge in [-0.25, -0.2) is 0 Å². The van der Waals surface area contributed by atoms with Gasteiger partial charge in [-0.05, 0) is 29.7 Å². The summed E-state index contributed by atoms with van der Waals surface area (Å²) in [6.45, 7) is 8.96. The molecule has 1 aromatic heterocycles. The van der Waals surface area contributed by atoms with Gasteiger partial charge in [-0.2, -0.15) is 0 Å². The van der Waals surface area contributed by atoms with Crippen LogP contribution in [0.5, 0.6) is 0 Å². The molecule has 19 heavy (non-hydrogen) atoms. The average molecular weight is 274 g/mol. The van der Waals surface area contributed by atoms with E-state index in [2.05, 4.69) is 39.8 Å². The van der Waals surface area contributed by atoms with E-state index >= 15 is 0 Å². The maximum Gasteiger partial charge on any atom is 0.0705 e. The third kappa shape index (κ3) is 3.36. The Kier molecular flexibility index (Phi) is 3.96. The van der Waals surface area contributed by atoms with E-state index in [1.807, 2.05) is 30.3 Å². The summed E-state index contributed by atoms with van der Waals surface area (Å²) in [7, 11) is 0. The minimum atomic E-state index is 0.214. The third-order valence-corrected chi connectivity index (χ3v) is 3.91. The number of hydrogen-bond acceptors (Lipinski definition) is 1. The highest BCUT2D eigenvalue weighted by atomic mass is 35.5. The molecule has 0 saturated heterocycles. The highest BCUT2D eigenvalue weighted by molar-refractivity contribution is 6.30. The Bertz CT molecular complexity index is 552. The molecule has 2 rings (SSSR count). The molecule has 0 N–H and O–H groups in total. The largest absolute Gasteiger partial charge is 0.253 e. The fourth-order valence-electron chi connectivity index (χ4n) is 1.92. The zero-order valence-corrected chi connectivity index (χ0v) is 12.7. The van der Waals surface area contributed by atoms with Crippen molar-refractivity contribution in [2.75, 3.05) is 0 Å². The van der Waals surface area contributed by atoms with Crippen LogP contribution in [0.2, 0.25) is 5.02 Å². The molecule has 0 spiro atoms. The second-order valence-electron chi connectivity index (χ2n) is 6.04. The second-order valence-corrected chi connectivity index (χ2v) is 6.48. The van der Waals surface area contributed by atoms with Crippen molar-refractivity contribution in [1.82, 2.24) is 4.98 Å². The molecular formula is C17H20ClN. The Morgan fingerprint density at radius 3 is 2.21 bits per heavy atom. The molecule has 1 heterocycles. The first-order valence-electron chi connectivity index (χ1n) is 6.61. The summed E-state index contributed by atoms with van der Waals surface area (Å²) in [5.41, 5.74) is 3.46. The summed E-state index contributed by atoms with van der Waals surface area (Å²) < 4.78 is 0. The monoisotopic (exact) mass is 273 g/mol. The van der Waals surface area contributed by atoms with Crippen molar-refractivity contribution < 1.29 is 0 Å². The van der Waals surface area contributed by atoms with E-state index in [9.17, 15) is 0 Å². The fourth-order valence-corrected chi connectivity index (χ4v) is 2.04. The molecule has 1 aromatic carbocycles. The molecule has 0 aliphatic heterocycles. The van der Waals surface area contributed by atoms with Crippen molar-refractivity contribution in [3.63, 3.8) is 0 Å². The number of benzene rings is 1. The Hall–Kier alpha value is -1.34. The van der Waals surface area contributed by atoms with E-state index in [4.69, 9.17) is 16.6 Å². The molecule has 0 bridgehead atoms. The standard InChI is InChI=1S/C17H20ClN/c1-12(17(2,3)4)15-6-5-7-16(19-15)13-8-10-14(18)11-9-13/h5-12H,1-4H3/t12-/m0/s1. The van der Waals surface area contributed by atoms with Gasteiger partial charge in [0.2, 0.25) is 0 Å². The molecule has 0 amide bonds. The zero-order valence-electron chi connectivity index (χ0n) is 11.9. The molecule has 100 valence electrons. The van der Waals surface area contributed by atoms with E-state index in [-0.39, 0.29) is 5.41 Å². The van der Waals surface area contributed by atoms with Crippen LogP contribution in [0.4, 0.5) is 0 Å². The summed E-state index contributed by atoms with van der Waals surface area (Å²) >= 11 is 5.92. The van der Waals surface area contributed by atoms with Crippen LogP contribution < -0.4 is 0 Å². The Morgan fingerprint density at radius 1 is 1.00 bits per heavy atom. The smallest absolute Gasteiger partial charge is 0.0705 e. The van der Waals surface area contributed by atoms with Crippen molar-refractivity contribution in [1.29, 1.82) is 0 Å². The van der Waals surface area contributed by atoms with Gasteiger partial charge >= 0.3 is 0 Å². The second kappa shape index (κ2) is 5.34. The van der Waals surface area contributed by atoms with Gasteiger partial charge in [0.05, 0.1) is 5.69 Å². The van der Waals surface area contributed by atoms with Crippen LogP contribution in [0.1, 0.15) is 39.3 Å². The van der Waals surface area contributed by atoms with Crippen molar-refractivity contribution in [2.24, 2.45) is 5.41 Å². The van der Waals surface area contributed by atoms with Crippen LogP contribution >= 0.6 is 11.6 Å². The normalized spacial score (nSPS) is 13.3. The van der Waals surface area contributed by atoms with E-state index in [1.165, 1.54) is 0 Å². The predicted octanol–water partition coefficient (Wildman–Crippen LogP) is 5.55. The Morgan fingerprint density at radius 2 is 1.63 bits per heavy atom. The van der Waals surface area contributed by atoms with E-state index < -0.39 is 0 Å². The minimum absolute atomic E-state index is 0.214. The van der Waals surface area contributed by atoms with Crippen molar-refractivity contribution in [3.05, 3.63) is 53.2 Å². The lowest BCUT2D eigenvalue weighted by Crippen LogP contribution is -2.16. The lowest BCUT2D eigenvalue weighted by molar-refractivity contribution is 0.334. The van der Waals surface area contributed by atoms with E-state index in [1.54, 1.807) is 0 Å². The molecule has 0 radical (unpaired) electrons. The van der Waals surface area contributed by atoms with Crippen LogP contribution in [0.25, 0.3) is 11.3 Å². The molecule has 1 atom stereocenters. The molecule has 0 unspecified atom stereocenters. The SMILES string of the molecule is C[C@@H](c1cccc(-c2ccc(Cl)cc2)n1)C(C)(C)C. The topological polar surface area (TPSA) is 12.9 Å². The number of halogens is 1. The van der Waals surface area contributed by atoms with Gasteiger partial charge in [0, 0.05) is 22.2 Å². The molecule has 2 heteroatoms. The first kappa shape index (κ1) is 14.1. The average Bonchev–Trinajstić information content (AvgIpc) is 2.38. The number of aromatic nitrogens is 1. The van der Waals surface area contributed by atoms with Crippen LogP contribution in [-0.2, 0) is 0 Å². The number of nitrogens with zero attached hydrogens (tertiary/aromatic N) is 1. The quantitative estimate of drug-likeness (QED) is 0.699. The van der Waals surface area contributed by atoms with Gasteiger partial charge in [0.1, 0.15) is 0 Å². The number of hydrogen-bond donors (Lipinski definition) is 0. The van der Waals surface area contributed by atoms with Crippen molar-refractivity contribution in [2.45, 2.75) is 33.6 Å². The van der Waals surface area contributed by atoms with Crippen LogP contribution in [-0.4, -0.2) is 4.98 Å². The molecule has 0 aliphatic rings. The summed E-state index contributed by atoms with van der Waals surface area (Å²) in [5.74, 6) is 0.416. The van der Waals surface area contributed by atoms with Gasteiger partial charge < -0.3 is 0 Å². The molecule has 1 nitrogen and oxygen atoms in total. The summed E-state index contributed by atoms with van der Waals surface area (Å²) in [4.78, 5) is 4.80. The van der Waals surface area contributed by atoms with Gasteiger partial charge in [-0.15, -0.1) is 0 Å². The highest BCUT2D eigenvalue weighted by Gasteiger charge is 2.22. The van der Waals surface area contributed by atoms with E-state index in [0.717, 1.165) is 22.0 Å². The van der Waals surface area contributed by atoms with Crippen LogP contribution in [0, 0.1) is 5.41 Å². The summed E-state index contributed by atoms with van der Waals surface area (Å²) in [6.07, 6.45) is 0. The number of pyridine rings is 1. The lowest BCUT2D eigenvalue weighted by Gasteiger charge is -2.27. The predicted molar refractivity (Wildman–Crippen MR) is 82.6 cm³/mol. The molecular weight excluding hydrogens is 254 g/mol. The van der Waals surface area contributed by atoms with Crippen LogP contribution in [0.3, 0.4) is 0 Å². The first-order valence-corrected chi connectivity index (χ1v) is 6.98. The summed E-state index contributed by atoms with van der Waals surface area (Å²) in [5, 5.41) is 0.753. The molecule has 0 fully saturated rings. The van der Waals surface area contributed by atoms with Crippen molar-refractivity contribution in [3.8, 4) is 11.3 Å². The van der Waals surface area contributed by atoms with Gasteiger partial charge in [-0.3, -0.25) is 4.98 Å². The maximum atomic E-state index is 5.92. The fraction of sp³-hybridized carbons (Fsp3) is 0.353. The zero-order chi connectivity index (χ0) is 14.0. The van der Waals surface area contributed by atoms with E-state index in [0.29, 0.717) is 5.92 Å². The number of rotatable bonds is 2. The van der Waals surface area contributed by atoms with Crippen molar-refractivity contribution >= 4 is 11.6 Å². The Labute approximate surface area is 120 Å². The first-order chi connectivity index (χ1) is 8.88. The van der Waals surface area contributed by atoms with Gasteiger partial charge in [0.25, 0.3) is 0 Å². The highest BCUT2D eigenvalue weighted by Crippen LogP contribution is 2.34. The maximum absolute atomic E-state index is 5.92. The minimum Gasteiger partial charge on any atom is -0.253 e. The lowest BCUT2D eigenvalue weighted by atomic mass is 9.80. The van der Waals surface area contributed by atoms with Crippen LogP contribution in [0.15, 0.2) is 42.5 Å². The molecule has 0 saturated carbocycles. The Balaban J connectivity index is 2.37. The van der Waals surface area contributed by atoms with Gasteiger partial charge in [0.15, 0.2) is 0 Å².